The fourth-order valence-electron chi connectivity index (χ4n) is 9.69. The summed E-state index contributed by atoms with van der Waals surface area (Å²) < 4.78 is 12.7. The molecule has 2 fully saturated rings. The number of hydrogen-bond acceptors (Lipinski definition) is 9. The number of fused-ring (bicyclic) bond motifs is 3. The zero-order valence-corrected chi connectivity index (χ0v) is 33.9. The number of anilines is 3. The maximum Gasteiger partial charge on any atom is 0.264 e. The first-order valence-electron chi connectivity index (χ1n) is 20.2. The standard InChI is InChI=1S/C43H56N4O8Si/c1-5-54-33-18-19-36-30(23-33)24-35(44-20-8-9-22-48)41(51)47(36)31-16-14-29(15-17-31)26-46-37-13-7-6-12-34(37)43(42(46)52)28(2)40(56(3,4)53)38(55-43)25-39(50)45-21-10-11-32(45)27-49/h6-7,12-19,23,28,32,35,38,40,44,48-49,53H,5,8-11,20-22,24-27H2,1-4H3/t28-,32+,35?,38+,40-,43+/m1/s1. The number of nitrogens with one attached hydrogen (secondary N) is 1. The molecule has 2 saturated heterocycles. The van der Waals surface area contributed by atoms with E-state index in [1.807, 2.05) is 93.7 Å². The molecule has 4 N–H and O–H groups in total. The third kappa shape index (κ3) is 7.29. The molecule has 3 aromatic carbocycles. The molecular formula is C43H56N4O8Si. The first-order valence-corrected chi connectivity index (χ1v) is 23.2. The molecule has 0 radical (unpaired) electrons. The molecule has 3 amide bonds. The number of nitrogens with zero attached hydrogens (tertiary/aromatic N) is 3. The second-order valence-corrected chi connectivity index (χ2v) is 20.2. The summed E-state index contributed by atoms with van der Waals surface area (Å²) in [4.78, 5) is 59.5. The first-order chi connectivity index (χ1) is 26.9. The number of benzene rings is 3. The van der Waals surface area contributed by atoms with Gasteiger partial charge < -0.3 is 39.6 Å². The average molecular weight is 785 g/mol. The minimum atomic E-state index is -2.97. The van der Waals surface area contributed by atoms with Crippen LogP contribution in [0.2, 0.25) is 18.6 Å². The molecule has 0 aromatic heterocycles. The van der Waals surface area contributed by atoms with E-state index in [1.165, 1.54) is 0 Å². The number of rotatable bonds is 14. The number of amides is 3. The highest BCUT2D eigenvalue weighted by molar-refractivity contribution is 6.71. The summed E-state index contributed by atoms with van der Waals surface area (Å²) in [6.07, 6.45) is 2.89. The summed E-state index contributed by atoms with van der Waals surface area (Å²) in [6.45, 7) is 9.60. The van der Waals surface area contributed by atoms with E-state index in [-0.39, 0.29) is 55.5 Å². The van der Waals surface area contributed by atoms with Crippen molar-refractivity contribution in [3.05, 3.63) is 83.4 Å². The van der Waals surface area contributed by atoms with Gasteiger partial charge in [-0.15, -0.1) is 0 Å². The molecule has 4 aliphatic rings. The van der Waals surface area contributed by atoms with Gasteiger partial charge in [0.1, 0.15) is 5.75 Å². The van der Waals surface area contributed by atoms with Crippen LogP contribution >= 0.6 is 0 Å². The minimum absolute atomic E-state index is 0.0332. The van der Waals surface area contributed by atoms with E-state index >= 15 is 0 Å². The van der Waals surface area contributed by atoms with Crippen molar-refractivity contribution in [3.8, 4) is 5.75 Å². The fourth-order valence-corrected chi connectivity index (χ4v) is 12.2. The van der Waals surface area contributed by atoms with E-state index in [4.69, 9.17) is 9.47 Å². The Morgan fingerprint density at radius 3 is 2.52 bits per heavy atom. The summed E-state index contributed by atoms with van der Waals surface area (Å²) in [5, 5.41) is 22.6. The zero-order chi connectivity index (χ0) is 39.8. The summed E-state index contributed by atoms with van der Waals surface area (Å²) in [5.74, 6) is -0.0593. The second-order valence-electron chi connectivity index (χ2n) is 16.2. The Labute approximate surface area is 330 Å². The van der Waals surface area contributed by atoms with Gasteiger partial charge in [-0.3, -0.25) is 19.3 Å². The van der Waals surface area contributed by atoms with E-state index in [9.17, 15) is 29.4 Å². The van der Waals surface area contributed by atoms with E-state index < -0.39 is 32.0 Å². The zero-order valence-electron chi connectivity index (χ0n) is 32.9. The van der Waals surface area contributed by atoms with Gasteiger partial charge in [0.15, 0.2) is 13.9 Å². The number of likely N-dealkylation sites (tertiary alicyclic amines) is 1. The van der Waals surface area contributed by atoms with Crippen LogP contribution in [0.25, 0.3) is 0 Å². The number of para-hydroxylation sites is 1. The third-order valence-electron chi connectivity index (χ3n) is 12.2. The van der Waals surface area contributed by atoms with Crippen LogP contribution in [0.4, 0.5) is 17.1 Å². The Balaban J connectivity index is 1.15. The highest BCUT2D eigenvalue weighted by Gasteiger charge is 2.66. The quantitative estimate of drug-likeness (QED) is 0.134. The number of aliphatic hydroxyl groups is 2. The highest BCUT2D eigenvalue weighted by Crippen LogP contribution is 2.60. The van der Waals surface area contributed by atoms with Gasteiger partial charge in [0.2, 0.25) is 11.8 Å². The van der Waals surface area contributed by atoms with Gasteiger partial charge in [0.25, 0.3) is 5.91 Å². The smallest absolute Gasteiger partial charge is 0.264 e. The number of ether oxygens (including phenoxy) is 2. The molecule has 1 unspecified atom stereocenters. The van der Waals surface area contributed by atoms with E-state index in [2.05, 4.69) is 5.32 Å². The van der Waals surface area contributed by atoms with Crippen molar-refractivity contribution < 1.29 is 38.9 Å². The predicted octanol–water partition coefficient (Wildman–Crippen LogP) is 4.75. The topological polar surface area (TPSA) is 152 Å². The molecule has 300 valence electrons. The molecule has 12 nitrogen and oxygen atoms in total. The maximum atomic E-state index is 14.9. The largest absolute Gasteiger partial charge is 0.494 e. The molecule has 4 heterocycles. The molecule has 7 rings (SSSR count). The fraction of sp³-hybridized carbons (Fsp3) is 0.512. The first kappa shape index (κ1) is 40.1. The van der Waals surface area contributed by atoms with Crippen molar-refractivity contribution in [2.75, 3.05) is 42.7 Å². The Morgan fingerprint density at radius 1 is 1.04 bits per heavy atom. The lowest BCUT2D eigenvalue weighted by atomic mass is 9.82. The summed E-state index contributed by atoms with van der Waals surface area (Å²) >= 11 is 0. The van der Waals surface area contributed by atoms with Gasteiger partial charge >= 0.3 is 0 Å². The summed E-state index contributed by atoms with van der Waals surface area (Å²) in [5.41, 5.74) is 3.07. The van der Waals surface area contributed by atoms with Gasteiger partial charge in [-0.25, -0.2) is 0 Å². The summed E-state index contributed by atoms with van der Waals surface area (Å²) in [7, 11) is -2.97. The molecule has 4 aliphatic heterocycles. The molecule has 1 spiro atoms. The lowest BCUT2D eigenvalue weighted by Gasteiger charge is -2.35. The molecule has 0 bridgehead atoms. The van der Waals surface area contributed by atoms with Crippen LogP contribution in [0.1, 0.15) is 62.6 Å². The number of carbonyl (C=O) groups is 3. The number of unbranched alkanes of at least 4 members (excludes halogenated alkanes) is 1. The van der Waals surface area contributed by atoms with E-state index in [0.29, 0.717) is 38.2 Å². The van der Waals surface area contributed by atoms with Gasteiger partial charge in [-0.2, -0.15) is 0 Å². The van der Waals surface area contributed by atoms with Crippen LogP contribution in [-0.2, 0) is 37.7 Å². The number of hydrogen-bond donors (Lipinski definition) is 4. The number of aliphatic hydroxyl groups excluding tert-OH is 2. The summed E-state index contributed by atoms with van der Waals surface area (Å²) in [6, 6.07) is 20.5. The van der Waals surface area contributed by atoms with Gasteiger partial charge in [0.05, 0.1) is 55.7 Å². The molecule has 0 saturated carbocycles. The van der Waals surface area contributed by atoms with E-state index in [0.717, 1.165) is 53.1 Å². The lowest BCUT2D eigenvalue weighted by molar-refractivity contribution is -0.150. The third-order valence-corrected chi connectivity index (χ3v) is 14.7. The van der Waals surface area contributed by atoms with Crippen molar-refractivity contribution in [1.82, 2.24) is 10.2 Å². The Morgan fingerprint density at radius 2 is 1.80 bits per heavy atom. The Hall–Kier alpha value is -4.11. The lowest BCUT2D eigenvalue weighted by Crippen LogP contribution is -2.49. The number of carbonyl (C=O) groups excluding carboxylic acids is 3. The Bertz CT molecular complexity index is 1920. The van der Waals surface area contributed by atoms with E-state index in [1.54, 1.807) is 14.7 Å². The van der Waals surface area contributed by atoms with Crippen LogP contribution in [0.5, 0.6) is 5.75 Å². The molecule has 3 aromatic rings. The Kier molecular flexibility index (Phi) is 11.7. The molecular weight excluding hydrogens is 729 g/mol. The normalized spacial score (nSPS) is 26.0. The van der Waals surface area contributed by atoms with Crippen molar-refractivity contribution in [2.24, 2.45) is 5.92 Å². The van der Waals surface area contributed by atoms with Crippen molar-refractivity contribution in [2.45, 2.75) is 101 Å². The van der Waals surface area contributed by atoms with Crippen molar-refractivity contribution in [1.29, 1.82) is 0 Å². The monoisotopic (exact) mass is 784 g/mol. The predicted molar refractivity (Wildman–Crippen MR) is 216 cm³/mol. The molecule has 56 heavy (non-hydrogen) atoms. The average Bonchev–Trinajstić information content (AvgIpc) is 3.84. The van der Waals surface area contributed by atoms with Gasteiger partial charge in [-0.1, -0.05) is 37.3 Å². The van der Waals surface area contributed by atoms with Crippen molar-refractivity contribution in [3.63, 3.8) is 0 Å². The van der Waals surface area contributed by atoms with Crippen molar-refractivity contribution >= 4 is 43.1 Å². The van der Waals surface area contributed by atoms with Crippen LogP contribution in [0.15, 0.2) is 66.7 Å². The molecule has 0 aliphatic carbocycles. The molecule has 13 heteroatoms. The van der Waals surface area contributed by atoms with Gasteiger partial charge in [-0.05, 0) is 106 Å². The maximum absolute atomic E-state index is 14.9. The van der Waals surface area contributed by atoms with Gasteiger partial charge in [0, 0.05) is 35.9 Å². The SMILES string of the molecule is CCOc1ccc2c(c1)CC(NCCCCO)C(=O)N2c1ccc(CN2C(=O)[C@@]3(O[C@@H](CC(=O)N4CCC[C@H]4CO)[C@H]([Si](C)(C)O)[C@H]3C)c3ccccc32)cc1. The van der Waals surface area contributed by atoms with Crippen LogP contribution in [0.3, 0.4) is 0 Å². The highest BCUT2D eigenvalue weighted by atomic mass is 28.4. The van der Waals surface area contributed by atoms with Crippen LogP contribution < -0.4 is 19.9 Å². The molecule has 6 atom stereocenters. The van der Waals surface area contributed by atoms with Crippen LogP contribution in [-0.4, -0.2) is 97.0 Å². The second kappa shape index (κ2) is 16.4. The minimum Gasteiger partial charge on any atom is -0.494 e. The van der Waals surface area contributed by atoms with Crippen LogP contribution in [0, 0.1) is 5.92 Å².